The van der Waals surface area contributed by atoms with Crippen molar-refractivity contribution in [2.24, 2.45) is 0 Å². The molecule has 1 unspecified atom stereocenters. The normalized spacial score (nSPS) is 15.8. The number of fused-ring (bicyclic) bond motifs is 1. The zero-order valence-corrected chi connectivity index (χ0v) is 14.4. The van der Waals surface area contributed by atoms with Gasteiger partial charge in [-0.25, -0.2) is 9.67 Å². The second-order valence-corrected chi connectivity index (χ2v) is 6.42. The van der Waals surface area contributed by atoms with Gasteiger partial charge in [0.05, 0.1) is 11.5 Å². The number of anilines is 1. The molecule has 0 radical (unpaired) electrons. The van der Waals surface area contributed by atoms with E-state index in [-0.39, 0.29) is 17.5 Å². The van der Waals surface area contributed by atoms with E-state index in [9.17, 15) is 14.9 Å². The van der Waals surface area contributed by atoms with E-state index in [0.29, 0.717) is 23.4 Å². The Morgan fingerprint density at radius 3 is 2.78 bits per heavy atom. The van der Waals surface area contributed by atoms with Crippen LogP contribution >= 0.6 is 0 Å². The number of carbonyl (C=O) groups is 1. The maximum Gasteiger partial charge on any atom is 0.293 e. The van der Waals surface area contributed by atoms with Crippen molar-refractivity contribution in [2.45, 2.75) is 25.4 Å². The summed E-state index contributed by atoms with van der Waals surface area (Å²) in [6, 6.07) is 13.3. The molecule has 1 aromatic heterocycles. The van der Waals surface area contributed by atoms with Gasteiger partial charge in [-0.2, -0.15) is 5.10 Å². The molecule has 2 aromatic carbocycles. The van der Waals surface area contributed by atoms with E-state index in [4.69, 9.17) is 0 Å². The zero-order chi connectivity index (χ0) is 18.8. The third-order valence-corrected chi connectivity index (χ3v) is 4.66. The van der Waals surface area contributed by atoms with E-state index in [1.165, 1.54) is 12.4 Å². The average molecular weight is 363 g/mol. The molecule has 1 aliphatic heterocycles. The molecule has 8 nitrogen and oxygen atoms in total. The summed E-state index contributed by atoms with van der Waals surface area (Å²) in [7, 11) is 0. The molecular weight excluding hydrogens is 346 g/mol. The van der Waals surface area contributed by atoms with E-state index in [2.05, 4.69) is 15.4 Å². The Bertz CT molecular complexity index is 1000. The monoisotopic (exact) mass is 363 g/mol. The van der Waals surface area contributed by atoms with E-state index in [0.717, 1.165) is 18.7 Å². The molecule has 0 saturated heterocycles. The first-order chi connectivity index (χ1) is 13.1. The maximum atomic E-state index is 12.6. The Labute approximate surface area is 155 Å². The van der Waals surface area contributed by atoms with Crippen LogP contribution in [0.2, 0.25) is 0 Å². The molecule has 8 heteroatoms. The minimum absolute atomic E-state index is 0.00794. The van der Waals surface area contributed by atoms with Crippen molar-refractivity contribution in [3.8, 4) is 0 Å². The van der Waals surface area contributed by atoms with Gasteiger partial charge in [0.15, 0.2) is 5.78 Å². The Hall–Kier alpha value is -3.55. The summed E-state index contributed by atoms with van der Waals surface area (Å²) in [5, 5.41) is 18.9. The van der Waals surface area contributed by atoms with Gasteiger partial charge in [0.1, 0.15) is 17.8 Å². The summed E-state index contributed by atoms with van der Waals surface area (Å²) in [4.78, 5) is 27.8. The van der Waals surface area contributed by atoms with Gasteiger partial charge in [0.2, 0.25) is 0 Å². The lowest BCUT2D eigenvalue weighted by molar-refractivity contribution is -0.384. The first-order valence-corrected chi connectivity index (χ1v) is 8.63. The van der Waals surface area contributed by atoms with Crippen molar-refractivity contribution in [1.29, 1.82) is 0 Å². The maximum absolute atomic E-state index is 12.6. The standard InChI is InChI=1S/C19H17N5O3/c25-19(13-4-2-1-3-5-13)14-6-8-16(17(10-14)24(26)27)22-15-7-9-18-20-12-21-23(18)11-15/h1-6,8,10,12,15,22H,7,9,11H2. The summed E-state index contributed by atoms with van der Waals surface area (Å²) >= 11 is 0. The fourth-order valence-corrected chi connectivity index (χ4v) is 3.28. The first kappa shape index (κ1) is 16.9. The predicted octanol–water partition coefficient (Wildman–Crippen LogP) is 2.84. The Kier molecular flexibility index (Phi) is 4.37. The number of benzene rings is 2. The van der Waals surface area contributed by atoms with Crippen LogP contribution in [0.25, 0.3) is 0 Å². The molecule has 0 saturated carbocycles. The molecule has 1 N–H and O–H groups in total. The van der Waals surface area contributed by atoms with Gasteiger partial charge in [0, 0.05) is 29.7 Å². The fraction of sp³-hybridized carbons (Fsp3) is 0.211. The number of nitro benzene ring substituents is 1. The fourth-order valence-electron chi connectivity index (χ4n) is 3.28. The quantitative estimate of drug-likeness (QED) is 0.425. The SMILES string of the molecule is O=C(c1ccccc1)c1ccc(NC2CCc3ncnn3C2)c([N+](=O)[O-])c1. The third kappa shape index (κ3) is 3.41. The van der Waals surface area contributed by atoms with Crippen LogP contribution in [0, 0.1) is 10.1 Å². The van der Waals surface area contributed by atoms with Gasteiger partial charge in [-0.15, -0.1) is 0 Å². The number of aryl methyl sites for hydroxylation is 1. The molecule has 2 heterocycles. The highest BCUT2D eigenvalue weighted by Crippen LogP contribution is 2.29. The Morgan fingerprint density at radius 2 is 2.00 bits per heavy atom. The number of rotatable bonds is 5. The number of ketones is 1. The van der Waals surface area contributed by atoms with E-state index in [1.807, 2.05) is 6.07 Å². The third-order valence-electron chi connectivity index (χ3n) is 4.66. The van der Waals surface area contributed by atoms with E-state index >= 15 is 0 Å². The largest absolute Gasteiger partial charge is 0.375 e. The number of nitrogens with zero attached hydrogens (tertiary/aromatic N) is 4. The lowest BCUT2D eigenvalue weighted by atomic mass is 10.0. The van der Waals surface area contributed by atoms with Crippen molar-refractivity contribution in [3.05, 3.63) is 81.9 Å². The summed E-state index contributed by atoms with van der Waals surface area (Å²) < 4.78 is 1.81. The van der Waals surface area contributed by atoms with Crippen LogP contribution in [0.3, 0.4) is 0 Å². The highest BCUT2D eigenvalue weighted by molar-refractivity contribution is 6.09. The number of carbonyl (C=O) groups excluding carboxylic acids is 1. The van der Waals surface area contributed by atoms with Gasteiger partial charge in [-0.1, -0.05) is 30.3 Å². The average Bonchev–Trinajstić information content (AvgIpc) is 3.16. The van der Waals surface area contributed by atoms with E-state index < -0.39 is 4.92 Å². The highest BCUT2D eigenvalue weighted by Gasteiger charge is 2.24. The van der Waals surface area contributed by atoms with Gasteiger partial charge >= 0.3 is 0 Å². The number of hydrogen-bond donors (Lipinski definition) is 1. The zero-order valence-electron chi connectivity index (χ0n) is 14.4. The van der Waals surface area contributed by atoms with Crippen molar-refractivity contribution in [3.63, 3.8) is 0 Å². The minimum atomic E-state index is -0.464. The van der Waals surface area contributed by atoms with Crippen LogP contribution in [-0.4, -0.2) is 31.5 Å². The summed E-state index contributed by atoms with van der Waals surface area (Å²) in [5.41, 5.74) is 1.08. The Morgan fingerprint density at radius 1 is 1.19 bits per heavy atom. The molecular formula is C19H17N5O3. The van der Waals surface area contributed by atoms with Crippen LogP contribution in [-0.2, 0) is 13.0 Å². The molecule has 0 aliphatic carbocycles. The molecule has 0 amide bonds. The van der Waals surface area contributed by atoms with E-state index in [1.54, 1.807) is 41.1 Å². The van der Waals surface area contributed by atoms with Gasteiger partial charge < -0.3 is 5.32 Å². The van der Waals surface area contributed by atoms with Crippen LogP contribution in [0.1, 0.15) is 28.2 Å². The molecule has 0 spiro atoms. The predicted molar refractivity (Wildman–Crippen MR) is 98.7 cm³/mol. The smallest absolute Gasteiger partial charge is 0.293 e. The van der Waals surface area contributed by atoms with Crippen LogP contribution < -0.4 is 5.32 Å². The minimum Gasteiger partial charge on any atom is -0.375 e. The van der Waals surface area contributed by atoms with Crippen LogP contribution in [0.4, 0.5) is 11.4 Å². The second-order valence-electron chi connectivity index (χ2n) is 6.42. The molecule has 136 valence electrons. The number of hydrogen-bond acceptors (Lipinski definition) is 6. The highest BCUT2D eigenvalue weighted by atomic mass is 16.6. The number of aromatic nitrogens is 3. The van der Waals surface area contributed by atoms with Crippen LogP contribution in [0.5, 0.6) is 0 Å². The summed E-state index contributed by atoms with van der Waals surface area (Å²) in [6.07, 6.45) is 3.08. The first-order valence-electron chi connectivity index (χ1n) is 8.63. The molecule has 1 aliphatic rings. The molecule has 3 aromatic rings. The summed E-state index contributed by atoms with van der Waals surface area (Å²) in [5.74, 6) is 0.682. The molecule has 27 heavy (non-hydrogen) atoms. The molecule has 0 fully saturated rings. The van der Waals surface area contributed by atoms with Gasteiger partial charge in [-0.05, 0) is 18.6 Å². The van der Waals surface area contributed by atoms with Crippen molar-refractivity contribution in [1.82, 2.24) is 14.8 Å². The topological polar surface area (TPSA) is 103 Å². The lowest BCUT2D eigenvalue weighted by Gasteiger charge is -2.24. The molecule has 4 rings (SSSR count). The van der Waals surface area contributed by atoms with Crippen molar-refractivity contribution < 1.29 is 9.72 Å². The second kappa shape index (κ2) is 6.99. The molecule has 0 bridgehead atoms. The number of nitro groups is 1. The van der Waals surface area contributed by atoms with Crippen molar-refractivity contribution in [2.75, 3.05) is 5.32 Å². The van der Waals surface area contributed by atoms with Gasteiger partial charge in [0.25, 0.3) is 5.69 Å². The summed E-state index contributed by atoms with van der Waals surface area (Å²) in [6.45, 7) is 0.594. The van der Waals surface area contributed by atoms with Crippen LogP contribution in [0.15, 0.2) is 54.9 Å². The van der Waals surface area contributed by atoms with Crippen molar-refractivity contribution >= 4 is 17.2 Å². The Balaban J connectivity index is 1.59. The molecule has 1 atom stereocenters. The van der Waals surface area contributed by atoms with Gasteiger partial charge in [-0.3, -0.25) is 14.9 Å². The number of nitrogens with one attached hydrogen (secondary N) is 1. The lowest BCUT2D eigenvalue weighted by Crippen LogP contribution is -2.32.